The second-order valence-electron chi connectivity index (χ2n) is 7.45. The van der Waals surface area contributed by atoms with Crippen molar-refractivity contribution >= 4 is 5.97 Å². The van der Waals surface area contributed by atoms with Crippen LogP contribution in [0.4, 0.5) is 17.6 Å². The number of benzene rings is 1. The third-order valence-electron chi connectivity index (χ3n) is 5.29. The van der Waals surface area contributed by atoms with Crippen molar-refractivity contribution in [2.75, 3.05) is 26.3 Å². The van der Waals surface area contributed by atoms with Crippen molar-refractivity contribution in [2.24, 2.45) is 0 Å². The van der Waals surface area contributed by atoms with Gasteiger partial charge in [0.25, 0.3) is 0 Å². The molecule has 0 aliphatic carbocycles. The average Bonchev–Trinajstić information content (AvgIpc) is 3.18. The molecule has 0 spiro atoms. The molecule has 1 atom stereocenters. The van der Waals surface area contributed by atoms with Crippen LogP contribution in [0.5, 0.6) is 0 Å². The summed E-state index contributed by atoms with van der Waals surface area (Å²) in [6.45, 7) is 4.42. The molecule has 6 nitrogen and oxygen atoms in total. The normalized spacial score (nSPS) is 19.2. The molecular formula is C21H23F4N3O3. The number of hydrogen-bond donors (Lipinski definition) is 1. The fraction of sp³-hybridized carbons (Fsp3) is 0.476. The summed E-state index contributed by atoms with van der Waals surface area (Å²) in [5.41, 5.74) is 4.86. The minimum absolute atomic E-state index is 0.180. The smallest absolute Gasteiger partial charge is 0.475 e. The van der Waals surface area contributed by atoms with Crippen LogP contribution in [0.25, 0.3) is 0 Å². The summed E-state index contributed by atoms with van der Waals surface area (Å²) in [5.74, 6) is -2.52. The Morgan fingerprint density at radius 2 is 1.84 bits per heavy atom. The third kappa shape index (κ3) is 6.44. The molecule has 1 aromatic heterocycles. The molecule has 4 rings (SSSR count). The molecule has 0 bridgehead atoms. The van der Waals surface area contributed by atoms with Gasteiger partial charge in [-0.05, 0) is 36.1 Å². The van der Waals surface area contributed by atoms with Crippen molar-refractivity contribution in [3.05, 3.63) is 58.9 Å². The number of carbonyl (C=O) groups is 1. The molecule has 31 heavy (non-hydrogen) atoms. The minimum Gasteiger partial charge on any atom is -0.475 e. The summed E-state index contributed by atoms with van der Waals surface area (Å²) in [6, 6.07) is 6.81. The number of carboxylic acids is 1. The molecule has 168 valence electrons. The molecular weight excluding hydrogens is 418 g/mol. The molecule has 1 aromatic carbocycles. The van der Waals surface area contributed by atoms with E-state index in [1.807, 2.05) is 12.1 Å². The third-order valence-corrected chi connectivity index (χ3v) is 5.29. The average molecular weight is 441 g/mol. The van der Waals surface area contributed by atoms with Gasteiger partial charge < -0.3 is 9.84 Å². The molecule has 3 heterocycles. The summed E-state index contributed by atoms with van der Waals surface area (Å²) >= 11 is 0. The number of alkyl halides is 3. The molecule has 1 N–H and O–H groups in total. The van der Waals surface area contributed by atoms with E-state index in [0.29, 0.717) is 5.92 Å². The van der Waals surface area contributed by atoms with Crippen LogP contribution in [0, 0.1) is 5.82 Å². The van der Waals surface area contributed by atoms with Crippen LogP contribution in [0.1, 0.15) is 34.9 Å². The van der Waals surface area contributed by atoms with Gasteiger partial charge in [0.05, 0.1) is 12.3 Å². The van der Waals surface area contributed by atoms with Gasteiger partial charge >= 0.3 is 12.1 Å². The molecule has 1 saturated heterocycles. The van der Waals surface area contributed by atoms with Gasteiger partial charge in [-0.15, -0.1) is 0 Å². The minimum atomic E-state index is -5.08. The zero-order valence-corrected chi connectivity index (χ0v) is 16.7. The zero-order chi connectivity index (χ0) is 22.4. The largest absolute Gasteiger partial charge is 0.490 e. The number of rotatable bonds is 3. The van der Waals surface area contributed by atoms with Crippen LogP contribution in [-0.2, 0) is 28.9 Å². The summed E-state index contributed by atoms with van der Waals surface area (Å²) in [6.07, 6.45) is -0.395. The molecule has 2 aromatic rings. The molecule has 2 aliphatic heterocycles. The predicted octanol–water partition coefficient (Wildman–Crippen LogP) is 3.35. The number of fused-ring (bicyclic) bond motifs is 1. The lowest BCUT2D eigenvalue weighted by atomic mass is 9.96. The molecule has 2 aliphatic rings. The first kappa shape index (κ1) is 23.1. The molecule has 0 amide bonds. The van der Waals surface area contributed by atoms with Crippen molar-refractivity contribution in [1.29, 1.82) is 0 Å². The lowest BCUT2D eigenvalue weighted by Gasteiger charge is -2.19. The van der Waals surface area contributed by atoms with Gasteiger partial charge in [-0.1, -0.05) is 12.1 Å². The van der Waals surface area contributed by atoms with Crippen LogP contribution in [0.3, 0.4) is 0 Å². The van der Waals surface area contributed by atoms with Crippen LogP contribution >= 0.6 is 0 Å². The van der Waals surface area contributed by atoms with E-state index in [1.165, 1.54) is 29.1 Å². The fourth-order valence-electron chi connectivity index (χ4n) is 3.71. The Labute approximate surface area is 176 Å². The Kier molecular flexibility index (Phi) is 7.55. The van der Waals surface area contributed by atoms with Crippen LogP contribution < -0.4 is 0 Å². The Bertz CT molecular complexity index is 884. The van der Waals surface area contributed by atoms with Gasteiger partial charge in [0, 0.05) is 44.3 Å². The Morgan fingerprint density at radius 1 is 1.16 bits per heavy atom. The summed E-state index contributed by atoms with van der Waals surface area (Å²) < 4.78 is 50.3. The quantitative estimate of drug-likeness (QED) is 0.737. The van der Waals surface area contributed by atoms with Crippen LogP contribution in [-0.4, -0.2) is 58.4 Å². The Balaban J connectivity index is 0.000000339. The maximum atomic E-state index is 13.1. The summed E-state index contributed by atoms with van der Waals surface area (Å²) in [5, 5.41) is 7.12. The Morgan fingerprint density at radius 3 is 2.45 bits per heavy atom. The maximum absolute atomic E-state index is 13.1. The first-order valence-electron chi connectivity index (χ1n) is 9.91. The van der Waals surface area contributed by atoms with E-state index in [9.17, 15) is 17.6 Å². The van der Waals surface area contributed by atoms with Gasteiger partial charge in [-0.2, -0.15) is 13.2 Å². The molecule has 10 heteroatoms. The number of carboxylic acid groups (broad SMARTS) is 1. The van der Waals surface area contributed by atoms with Crippen molar-refractivity contribution in [2.45, 2.75) is 37.9 Å². The summed E-state index contributed by atoms with van der Waals surface area (Å²) in [4.78, 5) is 20.4. The van der Waals surface area contributed by atoms with Crippen molar-refractivity contribution in [3.8, 4) is 0 Å². The highest BCUT2D eigenvalue weighted by atomic mass is 19.4. The van der Waals surface area contributed by atoms with E-state index in [1.54, 1.807) is 6.33 Å². The van der Waals surface area contributed by atoms with Crippen molar-refractivity contribution in [3.63, 3.8) is 0 Å². The van der Waals surface area contributed by atoms with Crippen LogP contribution in [0.15, 0.2) is 30.6 Å². The van der Waals surface area contributed by atoms with Gasteiger partial charge in [0.15, 0.2) is 0 Å². The van der Waals surface area contributed by atoms with E-state index < -0.39 is 12.1 Å². The Hall–Kier alpha value is -2.59. The number of aromatic nitrogens is 2. The highest BCUT2D eigenvalue weighted by molar-refractivity contribution is 5.73. The van der Waals surface area contributed by atoms with Gasteiger partial charge in [-0.25, -0.2) is 19.2 Å². The maximum Gasteiger partial charge on any atom is 0.490 e. The number of nitrogens with zero attached hydrogens (tertiary/aromatic N) is 3. The highest BCUT2D eigenvalue weighted by Crippen LogP contribution is 2.29. The van der Waals surface area contributed by atoms with E-state index in [-0.39, 0.29) is 5.82 Å². The van der Waals surface area contributed by atoms with E-state index in [4.69, 9.17) is 14.6 Å². The highest BCUT2D eigenvalue weighted by Gasteiger charge is 2.38. The molecule has 1 fully saturated rings. The molecule has 0 saturated carbocycles. The SMILES string of the molecule is Fc1ccc(CN2CCc3ncnc(C4CCOC4)c3CC2)cc1.O=C(O)C(F)(F)F. The topological polar surface area (TPSA) is 75.5 Å². The van der Waals surface area contributed by atoms with E-state index >= 15 is 0 Å². The lowest BCUT2D eigenvalue weighted by Crippen LogP contribution is -2.26. The number of ether oxygens (including phenoxy) is 1. The first-order chi connectivity index (χ1) is 14.7. The molecule has 1 unspecified atom stereocenters. The van der Waals surface area contributed by atoms with Gasteiger partial charge in [0.1, 0.15) is 12.1 Å². The standard InChI is InChI=1S/C19H22FN3O.C2HF3O2/c20-16-3-1-14(2-4-16)11-23-8-5-17-18(6-9-23)21-13-22-19(17)15-7-10-24-12-15;3-2(4,5)1(6)7/h1-4,13,15H,5-12H2;(H,6,7). The van der Waals surface area contributed by atoms with Gasteiger partial charge in [-0.3, -0.25) is 4.90 Å². The van der Waals surface area contributed by atoms with E-state index in [2.05, 4.69) is 14.9 Å². The number of halogens is 4. The second-order valence-corrected chi connectivity index (χ2v) is 7.45. The zero-order valence-electron chi connectivity index (χ0n) is 16.7. The second kappa shape index (κ2) is 10.1. The monoisotopic (exact) mass is 441 g/mol. The van der Waals surface area contributed by atoms with Gasteiger partial charge in [0.2, 0.25) is 0 Å². The van der Waals surface area contributed by atoms with Crippen molar-refractivity contribution in [1.82, 2.24) is 14.9 Å². The lowest BCUT2D eigenvalue weighted by molar-refractivity contribution is -0.192. The van der Waals surface area contributed by atoms with Crippen molar-refractivity contribution < 1.29 is 32.2 Å². The van der Waals surface area contributed by atoms with E-state index in [0.717, 1.165) is 57.7 Å². The number of aliphatic carboxylic acids is 1. The summed E-state index contributed by atoms with van der Waals surface area (Å²) in [7, 11) is 0. The fourth-order valence-corrected chi connectivity index (χ4v) is 3.71. The molecule has 0 radical (unpaired) electrons. The number of hydrogen-bond acceptors (Lipinski definition) is 5. The first-order valence-corrected chi connectivity index (χ1v) is 9.91. The predicted molar refractivity (Wildman–Crippen MR) is 103 cm³/mol. The van der Waals surface area contributed by atoms with Crippen LogP contribution in [0.2, 0.25) is 0 Å².